The van der Waals surface area contributed by atoms with Gasteiger partial charge in [-0.1, -0.05) is 48.5 Å². The van der Waals surface area contributed by atoms with Crippen molar-refractivity contribution < 1.29 is 14.3 Å². The maximum Gasteiger partial charge on any atom is 0.267 e. The summed E-state index contributed by atoms with van der Waals surface area (Å²) in [5, 5.41) is 3.05. The first-order valence-corrected chi connectivity index (χ1v) is 13.7. The number of anilines is 1. The minimum Gasteiger partial charge on any atom is -0.496 e. The fourth-order valence-corrected chi connectivity index (χ4v) is 5.34. The molecule has 3 heterocycles. The van der Waals surface area contributed by atoms with E-state index in [1.54, 1.807) is 24.5 Å². The number of nitrogens with one attached hydrogen (secondary N) is 1. The van der Waals surface area contributed by atoms with E-state index in [-0.39, 0.29) is 11.8 Å². The van der Waals surface area contributed by atoms with Crippen molar-refractivity contribution >= 4 is 17.5 Å². The Bertz CT molecular complexity index is 1670. The van der Waals surface area contributed by atoms with Crippen LogP contribution >= 0.6 is 0 Å². The molecular formula is C33H31N5O3. The summed E-state index contributed by atoms with van der Waals surface area (Å²) >= 11 is 0. The second-order valence-electron chi connectivity index (χ2n) is 10.0. The van der Waals surface area contributed by atoms with Crippen LogP contribution in [0.1, 0.15) is 38.5 Å². The summed E-state index contributed by atoms with van der Waals surface area (Å²) in [6.45, 7) is 2.21. The summed E-state index contributed by atoms with van der Waals surface area (Å²) in [4.78, 5) is 32.9. The van der Waals surface area contributed by atoms with Crippen molar-refractivity contribution in [1.29, 1.82) is 0 Å². The van der Waals surface area contributed by atoms with E-state index in [1.165, 1.54) is 0 Å². The normalized spacial score (nSPS) is 12.3. The van der Waals surface area contributed by atoms with Crippen LogP contribution < -0.4 is 15.0 Å². The van der Waals surface area contributed by atoms with E-state index in [1.807, 2.05) is 100 Å². The molecular weight excluding hydrogens is 514 g/mol. The molecule has 41 heavy (non-hydrogen) atoms. The van der Waals surface area contributed by atoms with Gasteiger partial charge in [0.25, 0.3) is 11.8 Å². The van der Waals surface area contributed by atoms with Crippen molar-refractivity contribution in [3.8, 4) is 16.9 Å². The maximum absolute atomic E-state index is 13.9. The summed E-state index contributed by atoms with van der Waals surface area (Å²) in [5.41, 5.74) is 5.87. The number of carbonyl (C=O) groups is 2. The fraction of sp³-hybridized carbons (Fsp3) is 0.182. The summed E-state index contributed by atoms with van der Waals surface area (Å²) in [6.07, 6.45) is 6.23. The Hall–Kier alpha value is -5.11. The van der Waals surface area contributed by atoms with Gasteiger partial charge >= 0.3 is 0 Å². The summed E-state index contributed by atoms with van der Waals surface area (Å²) in [7, 11) is 1.65. The number of ether oxygens (including phenoxy) is 1. The van der Waals surface area contributed by atoms with Crippen molar-refractivity contribution in [3.05, 3.63) is 126 Å². The second-order valence-corrected chi connectivity index (χ2v) is 10.0. The van der Waals surface area contributed by atoms with Gasteiger partial charge in [0.1, 0.15) is 11.4 Å². The number of para-hydroxylation sites is 2. The number of fused-ring (bicyclic) bond motifs is 2. The third-order valence-electron chi connectivity index (χ3n) is 7.47. The summed E-state index contributed by atoms with van der Waals surface area (Å²) < 4.78 is 9.52. The SMILES string of the molecule is COc1ccccc1-c1ccc(C(=O)N2Cc3ccc(C(=O)NCCCn4ccnc4)n3Cc3ccccc32)cc1. The van der Waals surface area contributed by atoms with Crippen molar-refractivity contribution in [2.24, 2.45) is 0 Å². The first kappa shape index (κ1) is 26.1. The summed E-state index contributed by atoms with van der Waals surface area (Å²) in [5.74, 6) is 0.571. The van der Waals surface area contributed by atoms with E-state index < -0.39 is 0 Å². The molecule has 0 saturated heterocycles. The minimum atomic E-state index is -0.119. The van der Waals surface area contributed by atoms with E-state index in [0.29, 0.717) is 30.9 Å². The van der Waals surface area contributed by atoms with Gasteiger partial charge < -0.3 is 24.1 Å². The fourth-order valence-electron chi connectivity index (χ4n) is 5.34. The number of aryl methyl sites for hydroxylation is 1. The van der Waals surface area contributed by atoms with Gasteiger partial charge in [0.15, 0.2) is 0 Å². The molecule has 5 aromatic rings. The number of nitrogens with zero attached hydrogens (tertiary/aromatic N) is 4. The molecule has 0 saturated carbocycles. The van der Waals surface area contributed by atoms with E-state index in [9.17, 15) is 9.59 Å². The van der Waals surface area contributed by atoms with Crippen LogP contribution in [-0.2, 0) is 19.6 Å². The first-order valence-electron chi connectivity index (χ1n) is 13.7. The second kappa shape index (κ2) is 11.6. The Balaban J connectivity index is 1.22. The molecule has 6 rings (SSSR count). The van der Waals surface area contributed by atoms with Crippen LogP contribution in [0.3, 0.4) is 0 Å². The number of amides is 2. The Labute approximate surface area is 238 Å². The molecule has 3 aromatic carbocycles. The third-order valence-corrected chi connectivity index (χ3v) is 7.47. The molecule has 0 radical (unpaired) electrons. The number of methoxy groups -OCH3 is 1. The van der Waals surface area contributed by atoms with E-state index in [2.05, 4.69) is 10.3 Å². The highest BCUT2D eigenvalue weighted by molar-refractivity contribution is 6.07. The minimum absolute atomic E-state index is 0.0934. The monoisotopic (exact) mass is 545 g/mol. The smallest absolute Gasteiger partial charge is 0.267 e. The molecule has 0 atom stereocenters. The molecule has 8 heteroatoms. The van der Waals surface area contributed by atoms with Gasteiger partial charge in [0.05, 0.1) is 26.5 Å². The van der Waals surface area contributed by atoms with Gasteiger partial charge in [0.2, 0.25) is 0 Å². The highest BCUT2D eigenvalue weighted by atomic mass is 16.5. The molecule has 2 amide bonds. The lowest BCUT2D eigenvalue weighted by Crippen LogP contribution is -2.30. The maximum atomic E-state index is 13.9. The average molecular weight is 546 g/mol. The van der Waals surface area contributed by atoms with Crippen molar-refractivity contribution in [2.75, 3.05) is 18.6 Å². The highest BCUT2D eigenvalue weighted by Gasteiger charge is 2.27. The zero-order valence-corrected chi connectivity index (χ0v) is 22.9. The lowest BCUT2D eigenvalue weighted by molar-refractivity contribution is 0.0943. The number of imidazole rings is 1. The lowest BCUT2D eigenvalue weighted by atomic mass is 10.0. The lowest BCUT2D eigenvalue weighted by Gasteiger charge is -2.23. The molecule has 0 fully saturated rings. The van der Waals surface area contributed by atoms with Crippen molar-refractivity contribution in [3.63, 3.8) is 0 Å². The molecule has 206 valence electrons. The zero-order chi connectivity index (χ0) is 28.2. The van der Waals surface area contributed by atoms with Crippen LogP contribution in [0.15, 0.2) is 104 Å². The van der Waals surface area contributed by atoms with Gasteiger partial charge in [0, 0.05) is 48.0 Å². The van der Waals surface area contributed by atoms with E-state index in [0.717, 1.165) is 46.8 Å². The van der Waals surface area contributed by atoms with E-state index in [4.69, 9.17) is 4.74 Å². The predicted octanol–water partition coefficient (Wildman–Crippen LogP) is 5.39. The average Bonchev–Trinajstić information content (AvgIpc) is 3.65. The molecule has 1 aliphatic rings. The van der Waals surface area contributed by atoms with Gasteiger partial charge in [-0.3, -0.25) is 9.59 Å². The first-order chi connectivity index (χ1) is 20.1. The number of aromatic nitrogens is 3. The number of benzene rings is 3. The summed E-state index contributed by atoms with van der Waals surface area (Å²) in [6, 6.07) is 27.1. The Kier molecular flexibility index (Phi) is 7.36. The Morgan fingerprint density at radius 1 is 0.927 bits per heavy atom. The van der Waals surface area contributed by atoms with Crippen molar-refractivity contribution in [1.82, 2.24) is 19.4 Å². The van der Waals surface area contributed by atoms with Crippen LogP contribution in [-0.4, -0.2) is 39.6 Å². The third kappa shape index (κ3) is 5.36. The molecule has 2 aromatic heterocycles. The van der Waals surface area contributed by atoms with Crippen LogP contribution in [0.2, 0.25) is 0 Å². The topological polar surface area (TPSA) is 81.4 Å². The van der Waals surface area contributed by atoms with Crippen LogP contribution in [0.25, 0.3) is 11.1 Å². The molecule has 0 bridgehead atoms. The molecule has 0 unspecified atom stereocenters. The number of rotatable bonds is 8. The van der Waals surface area contributed by atoms with Crippen molar-refractivity contribution in [2.45, 2.75) is 26.1 Å². The van der Waals surface area contributed by atoms with Crippen LogP contribution in [0.5, 0.6) is 5.75 Å². The number of carbonyl (C=O) groups excluding carboxylic acids is 2. The Morgan fingerprint density at radius 3 is 2.54 bits per heavy atom. The highest BCUT2D eigenvalue weighted by Crippen LogP contribution is 2.32. The van der Waals surface area contributed by atoms with Gasteiger partial charge in [-0.15, -0.1) is 0 Å². The van der Waals surface area contributed by atoms with Gasteiger partial charge in [-0.25, -0.2) is 4.98 Å². The molecule has 0 spiro atoms. The number of hydrogen-bond acceptors (Lipinski definition) is 4. The number of hydrogen-bond donors (Lipinski definition) is 1. The Morgan fingerprint density at radius 2 is 1.73 bits per heavy atom. The molecule has 1 aliphatic heterocycles. The van der Waals surface area contributed by atoms with Gasteiger partial charge in [-0.05, 0) is 53.9 Å². The van der Waals surface area contributed by atoms with Crippen LogP contribution in [0, 0.1) is 0 Å². The quantitative estimate of drug-likeness (QED) is 0.265. The molecule has 0 aliphatic carbocycles. The molecule has 8 nitrogen and oxygen atoms in total. The molecule has 1 N–H and O–H groups in total. The van der Waals surface area contributed by atoms with E-state index >= 15 is 0 Å². The van der Waals surface area contributed by atoms with Gasteiger partial charge in [-0.2, -0.15) is 0 Å². The zero-order valence-electron chi connectivity index (χ0n) is 22.9. The standard InChI is InChI=1S/C33H31N5O3/c1-41-31-10-5-3-8-28(31)24-11-13-25(14-12-24)33(40)38-22-27-15-16-30(37(27)21-26-7-2-4-9-29(26)38)32(39)35-17-6-19-36-20-18-34-23-36/h2-5,7-16,18,20,23H,6,17,19,21-22H2,1H3,(H,35,39). The predicted molar refractivity (Wildman–Crippen MR) is 158 cm³/mol. The largest absolute Gasteiger partial charge is 0.496 e. The van der Waals surface area contributed by atoms with Crippen LogP contribution in [0.4, 0.5) is 5.69 Å².